The molecule has 0 spiro atoms. The Morgan fingerprint density at radius 1 is 1.27 bits per heavy atom. The molecule has 9 heteroatoms. The summed E-state index contributed by atoms with van der Waals surface area (Å²) in [6, 6.07) is 0. The van der Waals surface area contributed by atoms with Crippen molar-refractivity contribution in [3.05, 3.63) is 10.4 Å². The Morgan fingerprint density at radius 3 is 2.36 bits per heavy atom. The number of carbonyl (C=O) groups excluding carboxylic acids is 2. The molecular weight excluding hydrogens is 310 g/mol. The average molecular weight is 331 g/mol. The van der Waals surface area contributed by atoms with E-state index >= 15 is 0 Å². The molecule has 0 saturated carbocycles. The molecule has 1 heterocycles. The Labute approximate surface area is 133 Å². The fourth-order valence-corrected chi connectivity index (χ4v) is 3.37. The van der Waals surface area contributed by atoms with Crippen LogP contribution >= 0.6 is 11.8 Å². The van der Waals surface area contributed by atoms with Crippen molar-refractivity contribution in [2.24, 2.45) is 11.0 Å². The molecule has 0 bridgehead atoms. The lowest BCUT2D eigenvalue weighted by molar-refractivity contribution is -0.208. The highest BCUT2D eigenvalue weighted by atomic mass is 32.2. The van der Waals surface area contributed by atoms with Gasteiger partial charge < -0.3 is 14.2 Å². The Hall–Kier alpha value is -1.44. The predicted octanol–water partition coefficient (Wildman–Crippen LogP) is 2.27. The molecule has 8 nitrogen and oxygen atoms in total. The van der Waals surface area contributed by atoms with Crippen LogP contribution in [-0.4, -0.2) is 48.0 Å². The first-order valence-electron chi connectivity index (χ1n) is 7.03. The number of ether oxygens (including phenoxy) is 3. The zero-order chi connectivity index (χ0) is 16.7. The maximum Gasteiger partial charge on any atom is 0.303 e. The number of carbonyl (C=O) groups is 2. The van der Waals surface area contributed by atoms with E-state index in [1.54, 1.807) is 11.8 Å². The summed E-state index contributed by atoms with van der Waals surface area (Å²) in [5.74, 6) is -0.321. The largest absolute Gasteiger partial charge is 0.458 e. The Balaban J connectivity index is 3.06. The number of hydrogen-bond donors (Lipinski definition) is 0. The van der Waals surface area contributed by atoms with Crippen LogP contribution in [0.3, 0.4) is 0 Å². The van der Waals surface area contributed by atoms with Crippen molar-refractivity contribution in [3.63, 3.8) is 0 Å². The van der Waals surface area contributed by atoms with Gasteiger partial charge in [0, 0.05) is 24.7 Å². The molecule has 0 aromatic heterocycles. The fraction of sp³-hybridized carbons (Fsp3) is 0.846. The van der Waals surface area contributed by atoms with E-state index in [0.717, 1.165) is 5.75 Å². The first kappa shape index (κ1) is 18.6. The first-order valence-corrected chi connectivity index (χ1v) is 8.07. The smallest absolute Gasteiger partial charge is 0.303 e. The van der Waals surface area contributed by atoms with Crippen molar-refractivity contribution in [1.82, 2.24) is 0 Å². The van der Waals surface area contributed by atoms with E-state index in [9.17, 15) is 9.59 Å². The zero-order valence-electron chi connectivity index (χ0n) is 13.1. The van der Waals surface area contributed by atoms with Gasteiger partial charge in [0.15, 0.2) is 6.10 Å². The molecule has 0 amide bonds. The lowest BCUT2D eigenvalue weighted by Gasteiger charge is -2.43. The maximum atomic E-state index is 11.4. The van der Waals surface area contributed by atoms with Gasteiger partial charge in [-0.3, -0.25) is 9.59 Å². The van der Waals surface area contributed by atoms with E-state index in [-0.39, 0.29) is 17.9 Å². The van der Waals surface area contributed by atoms with Crippen LogP contribution in [0.15, 0.2) is 5.11 Å². The quantitative estimate of drug-likeness (QED) is 0.319. The fourth-order valence-electron chi connectivity index (χ4n) is 2.36. The van der Waals surface area contributed by atoms with Gasteiger partial charge in [-0.05, 0) is 11.3 Å². The summed E-state index contributed by atoms with van der Waals surface area (Å²) < 4.78 is 16.5. The van der Waals surface area contributed by atoms with Crippen LogP contribution in [0, 0.1) is 5.92 Å². The molecule has 2 unspecified atom stereocenters. The van der Waals surface area contributed by atoms with Crippen molar-refractivity contribution in [3.8, 4) is 0 Å². The van der Waals surface area contributed by atoms with E-state index in [2.05, 4.69) is 10.0 Å². The van der Waals surface area contributed by atoms with Gasteiger partial charge in [0.1, 0.15) is 17.6 Å². The third kappa shape index (κ3) is 5.08. The molecule has 0 aromatic rings. The lowest BCUT2D eigenvalue weighted by atomic mass is 9.93. The highest BCUT2D eigenvalue weighted by molar-refractivity contribution is 7.99. The number of azide groups is 1. The van der Waals surface area contributed by atoms with Crippen LogP contribution in [0.4, 0.5) is 0 Å². The van der Waals surface area contributed by atoms with E-state index in [0.29, 0.717) is 0 Å². The highest BCUT2D eigenvalue weighted by Gasteiger charge is 2.47. The molecule has 0 aromatic carbocycles. The molecule has 0 aliphatic carbocycles. The monoisotopic (exact) mass is 331 g/mol. The summed E-state index contributed by atoms with van der Waals surface area (Å²) in [5, 5.41) is 3.50. The van der Waals surface area contributed by atoms with Gasteiger partial charge in [0.05, 0.1) is 6.54 Å². The van der Waals surface area contributed by atoms with Crippen molar-refractivity contribution < 1.29 is 23.8 Å². The standard InChI is InChI=1S/C13H21N3O5S/c1-5-22-13-7(2)11(19-8(3)17)12(20-9(4)18)10(21-13)6-15-16-14/h7,10-13H,5-6H2,1-4H3/t7?,10?,11-,12+,13+/m1/s1. The molecule has 0 radical (unpaired) electrons. The van der Waals surface area contributed by atoms with Gasteiger partial charge in [-0.25, -0.2) is 0 Å². The van der Waals surface area contributed by atoms with Gasteiger partial charge in [-0.15, -0.1) is 11.8 Å². The summed E-state index contributed by atoms with van der Waals surface area (Å²) in [4.78, 5) is 25.4. The summed E-state index contributed by atoms with van der Waals surface area (Å²) in [5.41, 5.74) is 8.27. The number of hydrogen-bond acceptors (Lipinski definition) is 7. The van der Waals surface area contributed by atoms with Gasteiger partial charge in [0.2, 0.25) is 0 Å². The van der Waals surface area contributed by atoms with Crippen molar-refractivity contribution in [2.75, 3.05) is 12.3 Å². The number of rotatable bonds is 6. The number of nitrogens with zero attached hydrogens (tertiary/aromatic N) is 3. The van der Waals surface area contributed by atoms with Gasteiger partial charge in [-0.2, -0.15) is 0 Å². The highest BCUT2D eigenvalue weighted by Crippen LogP contribution is 2.36. The molecule has 1 saturated heterocycles. The topological polar surface area (TPSA) is 111 Å². The first-order chi connectivity index (χ1) is 10.4. The molecule has 0 N–H and O–H groups in total. The average Bonchev–Trinajstić information content (AvgIpc) is 2.43. The molecule has 5 atom stereocenters. The van der Waals surface area contributed by atoms with Crippen molar-refractivity contribution in [2.45, 2.75) is 51.4 Å². The van der Waals surface area contributed by atoms with Crippen LogP contribution in [0.1, 0.15) is 27.7 Å². The van der Waals surface area contributed by atoms with Crippen LogP contribution in [0.25, 0.3) is 10.4 Å². The zero-order valence-corrected chi connectivity index (χ0v) is 13.9. The summed E-state index contributed by atoms with van der Waals surface area (Å²) in [7, 11) is 0. The summed E-state index contributed by atoms with van der Waals surface area (Å²) in [6.07, 6.45) is -2.09. The minimum absolute atomic E-state index is 0.000292. The molecule has 1 aliphatic rings. The molecule has 124 valence electrons. The molecule has 1 fully saturated rings. The minimum Gasteiger partial charge on any atom is -0.458 e. The summed E-state index contributed by atoms with van der Waals surface area (Å²) in [6.45, 7) is 6.44. The van der Waals surface area contributed by atoms with Crippen LogP contribution in [0.5, 0.6) is 0 Å². The molecular formula is C13H21N3O5S. The van der Waals surface area contributed by atoms with Crippen LogP contribution in [0.2, 0.25) is 0 Å². The van der Waals surface area contributed by atoms with Crippen LogP contribution in [-0.2, 0) is 23.8 Å². The Morgan fingerprint density at radius 2 is 1.86 bits per heavy atom. The lowest BCUT2D eigenvalue weighted by Crippen LogP contribution is -2.56. The van der Waals surface area contributed by atoms with Gasteiger partial charge >= 0.3 is 11.9 Å². The van der Waals surface area contributed by atoms with E-state index in [4.69, 9.17) is 19.7 Å². The molecule has 1 aliphatic heterocycles. The third-order valence-electron chi connectivity index (χ3n) is 3.21. The summed E-state index contributed by atoms with van der Waals surface area (Å²) >= 11 is 1.56. The van der Waals surface area contributed by atoms with Gasteiger partial charge in [0.25, 0.3) is 0 Å². The predicted molar refractivity (Wildman–Crippen MR) is 81.1 cm³/mol. The molecule has 1 rings (SSSR count). The third-order valence-corrected chi connectivity index (χ3v) is 4.41. The Kier molecular flexibility index (Phi) is 7.50. The van der Waals surface area contributed by atoms with Gasteiger partial charge in [-0.1, -0.05) is 19.0 Å². The minimum atomic E-state index is -0.796. The second-order valence-electron chi connectivity index (χ2n) is 4.92. The Bertz CT molecular complexity index is 455. The van der Waals surface area contributed by atoms with E-state index in [1.807, 2.05) is 13.8 Å². The number of thioether (sulfide) groups is 1. The normalized spacial score (nSPS) is 31.0. The SMILES string of the molecule is CCS[C@@H]1OC(CN=[N+]=[N-])[C@H](OC(C)=O)[C@H](OC(C)=O)C1C. The maximum absolute atomic E-state index is 11.4. The second kappa shape index (κ2) is 8.87. The number of esters is 2. The second-order valence-corrected chi connectivity index (χ2v) is 6.29. The van der Waals surface area contributed by atoms with Crippen molar-refractivity contribution >= 4 is 23.7 Å². The van der Waals surface area contributed by atoms with Crippen LogP contribution < -0.4 is 0 Å². The van der Waals surface area contributed by atoms with E-state index < -0.39 is 30.3 Å². The van der Waals surface area contributed by atoms with Crippen molar-refractivity contribution in [1.29, 1.82) is 0 Å². The molecule has 22 heavy (non-hydrogen) atoms. The van der Waals surface area contributed by atoms with E-state index in [1.165, 1.54) is 13.8 Å².